The van der Waals surface area contributed by atoms with Crippen molar-refractivity contribution < 1.29 is 13.2 Å². The highest BCUT2D eigenvalue weighted by atomic mass is 32.2. The van der Waals surface area contributed by atoms with Gasteiger partial charge < -0.3 is 11.5 Å². The number of hydrogen-bond acceptors (Lipinski definition) is 4. The monoisotopic (exact) mass is 299 g/mol. The Morgan fingerprint density at radius 3 is 2.40 bits per heavy atom. The van der Waals surface area contributed by atoms with E-state index in [4.69, 9.17) is 11.5 Å². The van der Waals surface area contributed by atoms with Crippen molar-refractivity contribution in [1.29, 1.82) is 0 Å². The number of carbonyl (C=O) groups excluding carboxylic acids is 1. The second-order valence-corrected chi connectivity index (χ2v) is 6.55. The van der Waals surface area contributed by atoms with E-state index in [-0.39, 0.29) is 17.0 Å². The first-order valence-electron chi connectivity index (χ1n) is 6.42. The standard InChI is InChI=1S/C13H21N3O3S/c1-3-13(15,4-2)9-16-20(18,19)11-7-5-6-10(8-11)12(14)17/h5-8,16H,3-4,9,15H2,1-2H3,(H2,14,17). The highest BCUT2D eigenvalue weighted by molar-refractivity contribution is 7.89. The van der Waals surface area contributed by atoms with Gasteiger partial charge in [0, 0.05) is 17.6 Å². The lowest BCUT2D eigenvalue weighted by atomic mass is 9.95. The van der Waals surface area contributed by atoms with Gasteiger partial charge in [-0.05, 0) is 31.0 Å². The van der Waals surface area contributed by atoms with E-state index in [0.717, 1.165) is 0 Å². The van der Waals surface area contributed by atoms with E-state index in [1.807, 2.05) is 13.8 Å². The zero-order valence-electron chi connectivity index (χ0n) is 11.7. The van der Waals surface area contributed by atoms with Crippen molar-refractivity contribution in [2.45, 2.75) is 37.1 Å². The maximum atomic E-state index is 12.2. The highest BCUT2D eigenvalue weighted by Crippen LogP contribution is 2.14. The smallest absolute Gasteiger partial charge is 0.248 e. The van der Waals surface area contributed by atoms with Crippen LogP contribution in [0.15, 0.2) is 29.2 Å². The molecule has 0 fully saturated rings. The van der Waals surface area contributed by atoms with Gasteiger partial charge in [0.15, 0.2) is 0 Å². The van der Waals surface area contributed by atoms with Crippen molar-refractivity contribution in [3.8, 4) is 0 Å². The summed E-state index contributed by atoms with van der Waals surface area (Å²) in [6, 6.07) is 5.60. The molecular formula is C13H21N3O3S. The molecule has 0 heterocycles. The molecule has 6 nitrogen and oxygen atoms in total. The molecule has 1 aromatic carbocycles. The van der Waals surface area contributed by atoms with Crippen molar-refractivity contribution in [3.63, 3.8) is 0 Å². The van der Waals surface area contributed by atoms with Crippen molar-refractivity contribution >= 4 is 15.9 Å². The van der Waals surface area contributed by atoms with Gasteiger partial charge in [-0.25, -0.2) is 13.1 Å². The highest BCUT2D eigenvalue weighted by Gasteiger charge is 2.24. The molecule has 1 rings (SSSR count). The Morgan fingerprint density at radius 1 is 1.30 bits per heavy atom. The van der Waals surface area contributed by atoms with Gasteiger partial charge in [-0.3, -0.25) is 4.79 Å². The average molecular weight is 299 g/mol. The Kier molecular flexibility index (Phi) is 5.27. The molecule has 1 aromatic rings. The van der Waals surface area contributed by atoms with Crippen LogP contribution in [-0.2, 0) is 10.0 Å². The van der Waals surface area contributed by atoms with Crippen LogP contribution in [0.25, 0.3) is 0 Å². The summed E-state index contributed by atoms with van der Waals surface area (Å²) in [7, 11) is -3.71. The fraction of sp³-hybridized carbons (Fsp3) is 0.462. The molecule has 0 aliphatic rings. The second kappa shape index (κ2) is 6.34. The Morgan fingerprint density at radius 2 is 1.90 bits per heavy atom. The molecule has 1 amide bonds. The molecular weight excluding hydrogens is 278 g/mol. The van der Waals surface area contributed by atoms with Gasteiger partial charge in [0.2, 0.25) is 15.9 Å². The summed E-state index contributed by atoms with van der Waals surface area (Å²) < 4.78 is 26.8. The minimum atomic E-state index is -3.71. The zero-order chi connectivity index (χ0) is 15.4. The first-order valence-corrected chi connectivity index (χ1v) is 7.91. The van der Waals surface area contributed by atoms with Gasteiger partial charge in [0.25, 0.3) is 0 Å². The number of nitrogens with one attached hydrogen (secondary N) is 1. The van der Waals surface area contributed by atoms with Crippen LogP contribution in [0.5, 0.6) is 0 Å². The fourth-order valence-corrected chi connectivity index (χ4v) is 2.82. The molecule has 0 saturated carbocycles. The number of carbonyl (C=O) groups is 1. The van der Waals surface area contributed by atoms with Crippen LogP contribution in [0.3, 0.4) is 0 Å². The molecule has 0 bridgehead atoms. The molecule has 0 spiro atoms. The lowest BCUT2D eigenvalue weighted by molar-refractivity contribution is 0.1000. The molecule has 0 unspecified atom stereocenters. The minimum absolute atomic E-state index is 0.00311. The van der Waals surface area contributed by atoms with Crippen LogP contribution < -0.4 is 16.2 Å². The molecule has 0 saturated heterocycles. The molecule has 0 aliphatic carbocycles. The predicted molar refractivity (Wildman–Crippen MR) is 77.6 cm³/mol. The quantitative estimate of drug-likeness (QED) is 0.683. The topological polar surface area (TPSA) is 115 Å². The molecule has 0 atom stereocenters. The number of sulfonamides is 1. The third-order valence-electron chi connectivity index (χ3n) is 3.45. The van der Waals surface area contributed by atoms with E-state index in [2.05, 4.69) is 4.72 Å². The van der Waals surface area contributed by atoms with Crippen molar-refractivity contribution in [2.75, 3.05) is 6.54 Å². The molecule has 0 aromatic heterocycles. The van der Waals surface area contributed by atoms with Crippen molar-refractivity contribution in [2.24, 2.45) is 11.5 Å². The number of amides is 1. The SMILES string of the molecule is CCC(N)(CC)CNS(=O)(=O)c1cccc(C(N)=O)c1. The maximum absolute atomic E-state index is 12.2. The van der Waals surface area contributed by atoms with Crippen LogP contribution in [-0.4, -0.2) is 26.4 Å². The third kappa shape index (κ3) is 4.03. The van der Waals surface area contributed by atoms with Gasteiger partial charge in [-0.2, -0.15) is 0 Å². The summed E-state index contributed by atoms with van der Waals surface area (Å²) >= 11 is 0. The molecule has 112 valence electrons. The summed E-state index contributed by atoms with van der Waals surface area (Å²) in [6.07, 6.45) is 1.32. The molecule has 0 radical (unpaired) electrons. The summed E-state index contributed by atoms with van der Waals surface area (Å²) in [6.45, 7) is 3.96. The minimum Gasteiger partial charge on any atom is -0.366 e. The molecule has 20 heavy (non-hydrogen) atoms. The molecule has 0 aliphatic heterocycles. The molecule has 5 N–H and O–H groups in total. The van der Waals surface area contributed by atoms with Crippen molar-refractivity contribution in [3.05, 3.63) is 29.8 Å². The summed E-state index contributed by atoms with van der Waals surface area (Å²) in [5, 5.41) is 0. The van der Waals surface area contributed by atoms with E-state index in [9.17, 15) is 13.2 Å². The summed E-state index contributed by atoms with van der Waals surface area (Å²) in [5.41, 5.74) is 10.8. The maximum Gasteiger partial charge on any atom is 0.248 e. The van der Waals surface area contributed by atoms with Crippen LogP contribution in [0.4, 0.5) is 0 Å². The number of rotatable bonds is 7. The van der Waals surface area contributed by atoms with Gasteiger partial charge in [-0.15, -0.1) is 0 Å². The fourth-order valence-electron chi connectivity index (χ4n) is 1.64. The van der Waals surface area contributed by atoms with E-state index < -0.39 is 21.5 Å². The summed E-state index contributed by atoms with van der Waals surface area (Å²) in [5.74, 6) is -0.669. The Balaban J connectivity index is 2.95. The largest absolute Gasteiger partial charge is 0.366 e. The van der Waals surface area contributed by atoms with Crippen LogP contribution >= 0.6 is 0 Å². The third-order valence-corrected chi connectivity index (χ3v) is 4.85. The number of hydrogen-bond donors (Lipinski definition) is 3. The van der Waals surface area contributed by atoms with E-state index >= 15 is 0 Å². The van der Waals surface area contributed by atoms with E-state index in [0.29, 0.717) is 12.8 Å². The summed E-state index contributed by atoms with van der Waals surface area (Å²) in [4.78, 5) is 11.1. The first kappa shape index (κ1) is 16.6. The average Bonchev–Trinajstić information content (AvgIpc) is 2.45. The van der Waals surface area contributed by atoms with Gasteiger partial charge in [0.05, 0.1) is 4.90 Å². The van der Waals surface area contributed by atoms with Crippen LogP contribution in [0.2, 0.25) is 0 Å². The first-order chi connectivity index (χ1) is 9.24. The second-order valence-electron chi connectivity index (χ2n) is 4.79. The number of benzene rings is 1. The van der Waals surface area contributed by atoms with Crippen molar-refractivity contribution in [1.82, 2.24) is 4.72 Å². The molecule has 7 heteroatoms. The van der Waals surface area contributed by atoms with Crippen LogP contribution in [0, 0.1) is 0 Å². The number of nitrogens with two attached hydrogens (primary N) is 2. The van der Waals surface area contributed by atoms with Gasteiger partial charge >= 0.3 is 0 Å². The Hall–Kier alpha value is -1.44. The van der Waals surface area contributed by atoms with Crippen LogP contribution in [0.1, 0.15) is 37.0 Å². The Labute approximate surface area is 119 Å². The normalized spacial score (nSPS) is 12.3. The predicted octanol–water partition coefficient (Wildman–Crippen LogP) is 0.581. The lowest BCUT2D eigenvalue weighted by Gasteiger charge is -2.26. The van der Waals surface area contributed by atoms with Gasteiger partial charge in [0.1, 0.15) is 0 Å². The lowest BCUT2D eigenvalue weighted by Crippen LogP contribution is -2.49. The number of primary amides is 1. The Bertz CT molecular complexity index is 580. The van der Waals surface area contributed by atoms with E-state index in [1.54, 1.807) is 0 Å². The zero-order valence-corrected chi connectivity index (χ0v) is 12.5. The van der Waals surface area contributed by atoms with Gasteiger partial charge in [-0.1, -0.05) is 19.9 Å². The van der Waals surface area contributed by atoms with E-state index in [1.165, 1.54) is 24.3 Å².